The van der Waals surface area contributed by atoms with Crippen molar-refractivity contribution in [3.8, 4) is 0 Å². The van der Waals surface area contributed by atoms with Crippen LogP contribution < -0.4 is 10.6 Å². The molecule has 1 aliphatic rings. The van der Waals surface area contributed by atoms with Gasteiger partial charge in [-0.15, -0.1) is 0 Å². The maximum atomic E-state index is 13.3. The number of halogens is 1. The van der Waals surface area contributed by atoms with Crippen LogP contribution >= 0.6 is 0 Å². The van der Waals surface area contributed by atoms with Crippen LogP contribution in [0.1, 0.15) is 25.7 Å². The highest BCUT2D eigenvalue weighted by Gasteiger charge is 2.11. The fourth-order valence-electron chi connectivity index (χ4n) is 2.13. The maximum Gasteiger partial charge on any atom is 0.323 e. The van der Waals surface area contributed by atoms with E-state index in [0.717, 1.165) is 0 Å². The minimum atomic E-state index is -0.438. The zero-order chi connectivity index (χ0) is 12.8. The van der Waals surface area contributed by atoms with Crippen LogP contribution in [0.3, 0.4) is 0 Å². The Kier molecular flexibility index (Phi) is 4.34. The summed E-state index contributed by atoms with van der Waals surface area (Å²) in [7, 11) is 0. The first-order valence-electron chi connectivity index (χ1n) is 6.24. The van der Waals surface area contributed by atoms with Crippen molar-refractivity contribution in [3.05, 3.63) is 42.4 Å². The predicted octanol–water partition coefficient (Wildman–Crippen LogP) is 3.65. The normalized spacial score (nSPS) is 16.1. The highest BCUT2D eigenvalue weighted by atomic mass is 19.1. The van der Waals surface area contributed by atoms with Crippen LogP contribution in [-0.2, 0) is 0 Å². The van der Waals surface area contributed by atoms with Crippen molar-refractivity contribution in [1.82, 2.24) is 5.32 Å². The molecule has 0 spiro atoms. The first kappa shape index (κ1) is 12.6. The molecule has 2 amide bonds. The molecule has 1 aliphatic carbocycles. The fourth-order valence-corrected chi connectivity index (χ4v) is 2.13. The molecule has 2 rings (SSSR count). The van der Waals surface area contributed by atoms with Crippen LogP contribution in [0, 0.1) is 11.7 Å². The molecule has 0 aliphatic heterocycles. The molecule has 0 atom stereocenters. The number of hydrogen-bond donors (Lipinski definition) is 2. The third-order valence-corrected chi connectivity index (χ3v) is 3.10. The third-order valence-electron chi connectivity index (χ3n) is 3.10. The summed E-state index contributed by atoms with van der Waals surface area (Å²) in [5, 5.41) is 5.05. The van der Waals surface area contributed by atoms with Crippen molar-refractivity contribution in [2.24, 2.45) is 5.92 Å². The molecule has 1 fully saturated rings. The number of para-hydroxylation sites is 1. The van der Waals surface area contributed by atoms with Crippen molar-refractivity contribution in [3.63, 3.8) is 0 Å². The molecule has 96 valence electrons. The minimum absolute atomic E-state index is 0.185. The van der Waals surface area contributed by atoms with Gasteiger partial charge in [0.2, 0.25) is 0 Å². The van der Waals surface area contributed by atoms with E-state index in [1.807, 2.05) is 6.08 Å². The number of hydrogen-bond acceptors (Lipinski definition) is 1. The van der Waals surface area contributed by atoms with Gasteiger partial charge in [-0.2, -0.15) is 0 Å². The lowest BCUT2D eigenvalue weighted by Crippen LogP contribution is -2.24. The lowest BCUT2D eigenvalue weighted by atomic mass is 10.1. The molecule has 1 saturated carbocycles. The van der Waals surface area contributed by atoms with E-state index in [-0.39, 0.29) is 5.69 Å². The van der Waals surface area contributed by atoms with E-state index in [0.29, 0.717) is 5.92 Å². The van der Waals surface area contributed by atoms with E-state index >= 15 is 0 Å². The van der Waals surface area contributed by atoms with Crippen molar-refractivity contribution >= 4 is 11.7 Å². The van der Waals surface area contributed by atoms with E-state index in [1.54, 1.807) is 18.3 Å². The molecule has 1 aromatic rings. The number of allylic oxidation sites excluding steroid dienone is 1. The van der Waals surface area contributed by atoms with Crippen LogP contribution in [-0.4, -0.2) is 6.03 Å². The zero-order valence-corrected chi connectivity index (χ0v) is 10.2. The van der Waals surface area contributed by atoms with Gasteiger partial charge in [-0.25, -0.2) is 9.18 Å². The number of anilines is 1. The third kappa shape index (κ3) is 3.58. The summed E-state index contributed by atoms with van der Waals surface area (Å²) in [5.41, 5.74) is 0.185. The van der Waals surface area contributed by atoms with Crippen molar-refractivity contribution in [1.29, 1.82) is 0 Å². The molecule has 0 unspecified atom stereocenters. The summed E-state index contributed by atoms with van der Waals surface area (Å²) in [5.74, 6) is 0.131. The lowest BCUT2D eigenvalue weighted by molar-refractivity contribution is 0.255. The molecule has 2 N–H and O–H groups in total. The Labute approximate surface area is 106 Å². The van der Waals surface area contributed by atoms with Gasteiger partial charge in [0.15, 0.2) is 0 Å². The van der Waals surface area contributed by atoms with E-state index in [2.05, 4.69) is 10.6 Å². The minimum Gasteiger partial charge on any atom is -0.315 e. The molecule has 0 aromatic heterocycles. The number of carbonyl (C=O) groups is 1. The molecular weight excluding hydrogens is 231 g/mol. The van der Waals surface area contributed by atoms with Gasteiger partial charge in [0.05, 0.1) is 5.69 Å². The highest BCUT2D eigenvalue weighted by molar-refractivity contribution is 5.89. The first-order chi connectivity index (χ1) is 8.75. The maximum absolute atomic E-state index is 13.3. The average Bonchev–Trinajstić information content (AvgIpc) is 2.85. The summed E-state index contributed by atoms with van der Waals surface area (Å²) < 4.78 is 13.3. The summed E-state index contributed by atoms with van der Waals surface area (Å²) in [6, 6.07) is 5.67. The summed E-state index contributed by atoms with van der Waals surface area (Å²) in [4.78, 5) is 11.5. The summed E-state index contributed by atoms with van der Waals surface area (Å²) in [6.07, 6.45) is 8.55. The molecular formula is C14H17FN2O. The van der Waals surface area contributed by atoms with Gasteiger partial charge >= 0.3 is 6.03 Å². The molecule has 0 heterocycles. The van der Waals surface area contributed by atoms with Crippen LogP contribution in [0.4, 0.5) is 14.9 Å². The Morgan fingerprint density at radius 1 is 1.28 bits per heavy atom. The number of carbonyl (C=O) groups excluding carboxylic acids is 1. The molecule has 0 bridgehead atoms. The van der Waals surface area contributed by atoms with Gasteiger partial charge in [0.1, 0.15) is 5.82 Å². The van der Waals surface area contributed by atoms with Crippen LogP contribution in [0.2, 0.25) is 0 Å². The van der Waals surface area contributed by atoms with Crippen LogP contribution in [0.5, 0.6) is 0 Å². The summed E-state index contributed by atoms with van der Waals surface area (Å²) in [6.45, 7) is 0. The number of nitrogens with one attached hydrogen (secondary N) is 2. The van der Waals surface area contributed by atoms with E-state index in [9.17, 15) is 9.18 Å². The molecule has 18 heavy (non-hydrogen) atoms. The molecule has 0 saturated heterocycles. The lowest BCUT2D eigenvalue weighted by Gasteiger charge is -2.06. The first-order valence-corrected chi connectivity index (χ1v) is 6.24. The topological polar surface area (TPSA) is 41.1 Å². The number of rotatable bonds is 3. The number of amides is 2. The fraction of sp³-hybridized carbons (Fsp3) is 0.357. The largest absolute Gasteiger partial charge is 0.323 e. The second kappa shape index (κ2) is 6.19. The zero-order valence-electron chi connectivity index (χ0n) is 10.2. The van der Waals surface area contributed by atoms with Crippen molar-refractivity contribution in [2.75, 3.05) is 5.32 Å². The Morgan fingerprint density at radius 3 is 2.72 bits per heavy atom. The molecule has 0 radical (unpaired) electrons. The van der Waals surface area contributed by atoms with Gasteiger partial charge in [0.25, 0.3) is 0 Å². The standard InChI is InChI=1S/C14H17FN2O/c15-12-7-3-4-8-13(12)17-14(18)16-10-9-11-5-1-2-6-11/h3-4,7-11H,1-2,5-6H2,(H2,16,17,18)/b10-9+. The van der Waals surface area contributed by atoms with Gasteiger partial charge in [-0.05, 0) is 30.9 Å². The average molecular weight is 248 g/mol. The monoisotopic (exact) mass is 248 g/mol. The highest BCUT2D eigenvalue weighted by Crippen LogP contribution is 2.25. The number of urea groups is 1. The van der Waals surface area contributed by atoms with E-state index in [4.69, 9.17) is 0 Å². The predicted molar refractivity (Wildman–Crippen MR) is 69.7 cm³/mol. The van der Waals surface area contributed by atoms with E-state index in [1.165, 1.54) is 37.8 Å². The quantitative estimate of drug-likeness (QED) is 0.842. The molecule has 3 nitrogen and oxygen atoms in total. The Hall–Kier alpha value is -1.84. The van der Waals surface area contributed by atoms with Crippen molar-refractivity contribution < 1.29 is 9.18 Å². The second-order valence-electron chi connectivity index (χ2n) is 4.48. The Balaban J connectivity index is 1.80. The van der Waals surface area contributed by atoms with E-state index < -0.39 is 11.8 Å². The van der Waals surface area contributed by atoms with Crippen LogP contribution in [0.15, 0.2) is 36.5 Å². The van der Waals surface area contributed by atoms with Gasteiger partial charge in [0, 0.05) is 6.20 Å². The van der Waals surface area contributed by atoms with Crippen molar-refractivity contribution in [2.45, 2.75) is 25.7 Å². The van der Waals surface area contributed by atoms with Gasteiger partial charge in [-0.3, -0.25) is 0 Å². The van der Waals surface area contributed by atoms with Crippen LogP contribution in [0.25, 0.3) is 0 Å². The van der Waals surface area contributed by atoms with Gasteiger partial charge < -0.3 is 10.6 Å². The Bertz CT molecular complexity index is 439. The second-order valence-corrected chi connectivity index (χ2v) is 4.48. The Morgan fingerprint density at radius 2 is 2.00 bits per heavy atom. The molecule has 1 aromatic carbocycles. The van der Waals surface area contributed by atoms with Gasteiger partial charge in [-0.1, -0.05) is 31.1 Å². The number of benzene rings is 1. The summed E-state index contributed by atoms with van der Waals surface area (Å²) >= 11 is 0. The smallest absolute Gasteiger partial charge is 0.315 e. The SMILES string of the molecule is O=C(N/C=C/C1CCCC1)Nc1ccccc1F. The molecule has 4 heteroatoms.